The first kappa shape index (κ1) is 13.5. The highest BCUT2D eigenvalue weighted by Gasteiger charge is 2.09. The number of aryl methyl sites for hydroxylation is 2. The van der Waals surface area contributed by atoms with Gasteiger partial charge in [-0.25, -0.2) is 0 Å². The van der Waals surface area contributed by atoms with Gasteiger partial charge in [-0.05, 0) is 19.9 Å². The fourth-order valence-electron chi connectivity index (χ4n) is 2.13. The van der Waals surface area contributed by atoms with E-state index in [1.165, 1.54) is 0 Å². The van der Waals surface area contributed by atoms with E-state index in [9.17, 15) is 0 Å². The van der Waals surface area contributed by atoms with E-state index in [1.54, 1.807) is 13.3 Å². The summed E-state index contributed by atoms with van der Waals surface area (Å²) in [6.45, 7) is 5.53. The lowest BCUT2D eigenvalue weighted by atomic mass is 10.1. The van der Waals surface area contributed by atoms with Crippen molar-refractivity contribution in [3.8, 4) is 5.75 Å². The van der Waals surface area contributed by atoms with E-state index in [2.05, 4.69) is 15.4 Å². The summed E-state index contributed by atoms with van der Waals surface area (Å²) in [5, 5.41) is 7.52. The van der Waals surface area contributed by atoms with E-state index in [-0.39, 0.29) is 0 Å². The minimum Gasteiger partial charge on any atom is -0.496 e. The van der Waals surface area contributed by atoms with Gasteiger partial charge in [0, 0.05) is 43.7 Å². The van der Waals surface area contributed by atoms with Crippen LogP contribution >= 0.6 is 0 Å². The number of hydrogen-bond donors (Lipinski definition) is 1. The van der Waals surface area contributed by atoms with Gasteiger partial charge in [0.2, 0.25) is 0 Å². The van der Waals surface area contributed by atoms with Crippen molar-refractivity contribution in [1.82, 2.24) is 20.1 Å². The van der Waals surface area contributed by atoms with Crippen molar-refractivity contribution in [3.63, 3.8) is 0 Å². The largest absolute Gasteiger partial charge is 0.496 e. The first-order chi connectivity index (χ1) is 9.13. The molecule has 0 atom stereocenters. The minimum atomic E-state index is 0.716. The summed E-state index contributed by atoms with van der Waals surface area (Å²) in [7, 11) is 3.64. The van der Waals surface area contributed by atoms with Crippen LogP contribution in [0.1, 0.15) is 22.5 Å². The molecule has 5 heteroatoms. The second kappa shape index (κ2) is 5.84. The topological polar surface area (TPSA) is 52.0 Å². The van der Waals surface area contributed by atoms with Gasteiger partial charge in [-0.1, -0.05) is 0 Å². The van der Waals surface area contributed by atoms with Crippen LogP contribution in [0.25, 0.3) is 0 Å². The van der Waals surface area contributed by atoms with Crippen LogP contribution in [0.4, 0.5) is 0 Å². The number of hydrogen-bond acceptors (Lipinski definition) is 4. The number of rotatable bonds is 5. The molecule has 2 aromatic rings. The maximum atomic E-state index is 5.41. The lowest BCUT2D eigenvalue weighted by Crippen LogP contribution is -2.17. The lowest BCUT2D eigenvalue weighted by Gasteiger charge is -2.12. The molecular formula is C14H20N4O. The Bertz CT molecular complexity index is 563. The molecule has 2 heterocycles. The maximum absolute atomic E-state index is 5.41. The molecule has 0 aromatic carbocycles. The standard InChI is InChI=1S/C14H20N4O/c1-10-7-16-13(11(2)14(10)19-4)9-15-8-12-5-6-17-18(12)3/h5-7,15H,8-9H2,1-4H3. The fourth-order valence-corrected chi connectivity index (χ4v) is 2.13. The molecule has 0 bridgehead atoms. The van der Waals surface area contributed by atoms with Crippen molar-refractivity contribution in [2.24, 2.45) is 7.05 Å². The highest BCUT2D eigenvalue weighted by Crippen LogP contribution is 2.23. The Morgan fingerprint density at radius 3 is 2.74 bits per heavy atom. The monoisotopic (exact) mass is 260 g/mol. The third-order valence-corrected chi connectivity index (χ3v) is 3.27. The summed E-state index contributed by atoms with van der Waals surface area (Å²) >= 11 is 0. The molecule has 2 rings (SSSR count). The van der Waals surface area contributed by atoms with Gasteiger partial charge >= 0.3 is 0 Å². The smallest absolute Gasteiger partial charge is 0.128 e. The molecular weight excluding hydrogens is 240 g/mol. The van der Waals surface area contributed by atoms with Crippen molar-refractivity contribution in [1.29, 1.82) is 0 Å². The van der Waals surface area contributed by atoms with Crippen LogP contribution in [-0.4, -0.2) is 21.9 Å². The molecule has 0 spiro atoms. The summed E-state index contributed by atoms with van der Waals surface area (Å²) in [5.74, 6) is 0.923. The molecule has 0 fully saturated rings. The number of pyridine rings is 1. The molecule has 0 saturated carbocycles. The zero-order valence-corrected chi connectivity index (χ0v) is 11.9. The van der Waals surface area contributed by atoms with Crippen LogP contribution in [-0.2, 0) is 20.1 Å². The summed E-state index contributed by atoms with van der Waals surface area (Å²) in [4.78, 5) is 4.46. The van der Waals surface area contributed by atoms with E-state index in [4.69, 9.17) is 4.74 Å². The van der Waals surface area contributed by atoms with Crippen molar-refractivity contribution in [2.75, 3.05) is 7.11 Å². The zero-order chi connectivity index (χ0) is 13.8. The van der Waals surface area contributed by atoms with Crippen LogP contribution in [0.5, 0.6) is 5.75 Å². The van der Waals surface area contributed by atoms with Crippen molar-refractivity contribution >= 4 is 0 Å². The third kappa shape index (κ3) is 2.93. The molecule has 0 radical (unpaired) electrons. The Kier molecular flexibility index (Phi) is 4.16. The Morgan fingerprint density at radius 1 is 1.32 bits per heavy atom. The number of nitrogens with zero attached hydrogens (tertiary/aromatic N) is 3. The van der Waals surface area contributed by atoms with Gasteiger partial charge in [-0.2, -0.15) is 5.10 Å². The van der Waals surface area contributed by atoms with E-state index < -0.39 is 0 Å². The average molecular weight is 260 g/mol. The summed E-state index contributed by atoms with van der Waals surface area (Å²) in [5.41, 5.74) is 4.33. The lowest BCUT2D eigenvalue weighted by molar-refractivity contribution is 0.406. The van der Waals surface area contributed by atoms with Gasteiger partial charge in [0.25, 0.3) is 0 Å². The minimum absolute atomic E-state index is 0.716. The van der Waals surface area contributed by atoms with Gasteiger partial charge in [-0.3, -0.25) is 9.67 Å². The van der Waals surface area contributed by atoms with Crippen LogP contribution in [0.15, 0.2) is 18.5 Å². The quantitative estimate of drug-likeness (QED) is 0.889. The molecule has 0 aliphatic rings. The molecule has 1 N–H and O–H groups in total. The van der Waals surface area contributed by atoms with Crippen LogP contribution in [0.2, 0.25) is 0 Å². The Morgan fingerprint density at radius 2 is 2.11 bits per heavy atom. The van der Waals surface area contributed by atoms with Gasteiger partial charge < -0.3 is 10.1 Å². The zero-order valence-electron chi connectivity index (χ0n) is 11.9. The third-order valence-electron chi connectivity index (χ3n) is 3.27. The predicted molar refractivity (Wildman–Crippen MR) is 74.0 cm³/mol. The molecule has 0 amide bonds. The molecule has 0 saturated heterocycles. The molecule has 0 unspecified atom stereocenters. The maximum Gasteiger partial charge on any atom is 0.128 e. The average Bonchev–Trinajstić information content (AvgIpc) is 2.79. The second-order valence-electron chi connectivity index (χ2n) is 4.60. The van der Waals surface area contributed by atoms with Crippen LogP contribution < -0.4 is 10.1 Å². The number of aromatic nitrogens is 3. The molecule has 2 aromatic heterocycles. The second-order valence-corrected chi connectivity index (χ2v) is 4.60. The van der Waals surface area contributed by atoms with Gasteiger partial charge in [0.05, 0.1) is 18.5 Å². The molecule has 19 heavy (non-hydrogen) atoms. The van der Waals surface area contributed by atoms with Crippen LogP contribution in [0, 0.1) is 13.8 Å². The van der Waals surface area contributed by atoms with Crippen LogP contribution in [0.3, 0.4) is 0 Å². The molecule has 5 nitrogen and oxygen atoms in total. The number of ether oxygens (including phenoxy) is 1. The molecule has 0 aliphatic carbocycles. The van der Waals surface area contributed by atoms with Gasteiger partial charge in [0.1, 0.15) is 5.75 Å². The highest BCUT2D eigenvalue weighted by molar-refractivity contribution is 5.40. The summed E-state index contributed by atoms with van der Waals surface area (Å²) < 4.78 is 7.27. The normalized spacial score (nSPS) is 10.7. The first-order valence-corrected chi connectivity index (χ1v) is 6.30. The Hall–Kier alpha value is -1.88. The molecule has 0 aliphatic heterocycles. The van der Waals surface area contributed by atoms with E-state index in [0.717, 1.165) is 34.8 Å². The van der Waals surface area contributed by atoms with Gasteiger partial charge in [0.15, 0.2) is 0 Å². The fraction of sp³-hybridized carbons (Fsp3) is 0.429. The van der Waals surface area contributed by atoms with E-state index >= 15 is 0 Å². The predicted octanol–water partition coefficient (Wildman–Crippen LogP) is 1.73. The van der Waals surface area contributed by atoms with E-state index in [0.29, 0.717) is 6.54 Å². The Balaban J connectivity index is 2.02. The summed E-state index contributed by atoms with van der Waals surface area (Å²) in [6.07, 6.45) is 3.66. The van der Waals surface area contributed by atoms with Crippen molar-refractivity contribution in [2.45, 2.75) is 26.9 Å². The highest BCUT2D eigenvalue weighted by atomic mass is 16.5. The first-order valence-electron chi connectivity index (χ1n) is 6.30. The van der Waals surface area contributed by atoms with Gasteiger partial charge in [-0.15, -0.1) is 0 Å². The van der Waals surface area contributed by atoms with Crippen molar-refractivity contribution in [3.05, 3.63) is 41.0 Å². The van der Waals surface area contributed by atoms with Crippen molar-refractivity contribution < 1.29 is 4.74 Å². The SMILES string of the molecule is COc1c(C)cnc(CNCc2ccnn2C)c1C. The summed E-state index contributed by atoms with van der Waals surface area (Å²) in [6, 6.07) is 2.00. The molecule has 102 valence electrons. The number of nitrogens with one attached hydrogen (secondary N) is 1. The Labute approximate surface area is 113 Å². The number of methoxy groups -OCH3 is 1. The van der Waals surface area contributed by atoms with E-state index in [1.807, 2.05) is 37.8 Å².